The number of rotatable bonds is 3. The van der Waals surface area contributed by atoms with Crippen molar-refractivity contribution in [3.63, 3.8) is 0 Å². The first kappa shape index (κ1) is 16.1. The van der Waals surface area contributed by atoms with Crippen molar-refractivity contribution in [1.29, 1.82) is 0 Å². The van der Waals surface area contributed by atoms with Gasteiger partial charge in [-0.3, -0.25) is 9.78 Å². The number of carbonyl (C=O) groups is 1. The lowest BCUT2D eigenvalue weighted by molar-refractivity contribution is 0.0955. The van der Waals surface area contributed by atoms with E-state index in [-0.39, 0.29) is 5.91 Å². The van der Waals surface area contributed by atoms with Crippen molar-refractivity contribution in [2.75, 3.05) is 13.1 Å². The van der Waals surface area contributed by atoms with Crippen molar-refractivity contribution in [2.24, 2.45) is 5.73 Å². The van der Waals surface area contributed by atoms with Crippen molar-refractivity contribution in [2.45, 2.75) is 27.7 Å². The predicted octanol–water partition coefficient (Wildman–Crippen LogP) is 2.57. The summed E-state index contributed by atoms with van der Waals surface area (Å²) in [6.07, 6.45) is 0. The molecule has 0 bridgehead atoms. The Balaban J connectivity index is 0.000000956. The van der Waals surface area contributed by atoms with E-state index < -0.39 is 0 Å². The molecule has 3 N–H and O–H groups in total. The molecular formula is C16H23N3O. The molecule has 0 aliphatic rings. The maximum absolute atomic E-state index is 11.8. The van der Waals surface area contributed by atoms with Crippen LogP contribution in [0.15, 0.2) is 24.3 Å². The lowest BCUT2D eigenvalue weighted by Gasteiger charge is -2.07. The molecule has 0 saturated heterocycles. The van der Waals surface area contributed by atoms with Crippen LogP contribution < -0.4 is 11.1 Å². The molecule has 0 atom stereocenters. The van der Waals surface area contributed by atoms with Crippen LogP contribution in [0, 0.1) is 13.8 Å². The SMILES string of the molecule is CC.Cc1cc(C)c2cc(C(=O)NCCN)ccc2n1. The zero-order chi connectivity index (χ0) is 15.1. The summed E-state index contributed by atoms with van der Waals surface area (Å²) in [6, 6.07) is 7.57. The average Bonchev–Trinajstić information content (AvgIpc) is 2.46. The predicted molar refractivity (Wildman–Crippen MR) is 84.0 cm³/mol. The van der Waals surface area contributed by atoms with Gasteiger partial charge in [-0.05, 0) is 43.7 Å². The maximum atomic E-state index is 11.8. The van der Waals surface area contributed by atoms with Gasteiger partial charge in [0.05, 0.1) is 5.52 Å². The molecule has 1 aromatic carbocycles. The van der Waals surface area contributed by atoms with Crippen LogP contribution in [0.25, 0.3) is 10.9 Å². The molecule has 0 spiro atoms. The highest BCUT2D eigenvalue weighted by Gasteiger charge is 2.07. The summed E-state index contributed by atoms with van der Waals surface area (Å²) in [6.45, 7) is 8.92. The molecule has 4 nitrogen and oxygen atoms in total. The van der Waals surface area contributed by atoms with Gasteiger partial charge in [-0.1, -0.05) is 13.8 Å². The van der Waals surface area contributed by atoms with Crippen LogP contribution in [0.4, 0.5) is 0 Å². The molecule has 0 aliphatic heterocycles. The highest BCUT2D eigenvalue weighted by Crippen LogP contribution is 2.19. The molecule has 20 heavy (non-hydrogen) atoms. The minimum Gasteiger partial charge on any atom is -0.351 e. The molecule has 0 unspecified atom stereocenters. The maximum Gasteiger partial charge on any atom is 0.251 e. The van der Waals surface area contributed by atoms with Crippen molar-refractivity contribution < 1.29 is 4.79 Å². The Morgan fingerprint density at radius 2 is 1.95 bits per heavy atom. The highest BCUT2D eigenvalue weighted by molar-refractivity contribution is 5.98. The summed E-state index contributed by atoms with van der Waals surface area (Å²) in [5.41, 5.74) is 9.04. The topological polar surface area (TPSA) is 68.0 Å². The zero-order valence-corrected chi connectivity index (χ0v) is 12.7. The van der Waals surface area contributed by atoms with Crippen LogP contribution in [0.5, 0.6) is 0 Å². The second-order valence-corrected chi connectivity index (χ2v) is 4.36. The molecule has 2 rings (SSSR count). The summed E-state index contributed by atoms with van der Waals surface area (Å²) in [4.78, 5) is 16.3. The van der Waals surface area contributed by atoms with E-state index in [1.54, 1.807) is 6.07 Å². The summed E-state index contributed by atoms with van der Waals surface area (Å²) in [7, 11) is 0. The first-order chi connectivity index (χ1) is 9.61. The Morgan fingerprint density at radius 3 is 2.60 bits per heavy atom. The van der Waals surface area contributed by atoms with Gasteiger partial charge < -0.3 is 11.1 Å². The fourth-order valence-corrected chi connectivity index (χ4v) is 1.99. The lowest BCUT2D eigenvalue weighted by atomic mass is 10.1. The van der Waals surface area contributed by atoms with E-state index >= 15 is 0 Å². The number of hydrogen-bond donors (Lipinski definition) is 2. The van der Waals surface area contributed by atoms with E-state index in [4.69, 9.17) is 5.73 Å². The molecule has 4 heteroatoms. The number of nitrogens with zero attached hydrogens (tertiary/aromatic N) is 1. The molecule has 0 fully saturated rings. The van der Waals surface area contributed by atoms with Gasteiger partial charge in [-0.2, -0.15) is 0 Å². The van der Waals surface area contributed by atoms with Gasteiger partial charge >= 0.3 is 0 Å². The van der Waals surface area contributed by atoms with Gasteiger partial charge in [0.2, 0.25) is 0 Å². The molecule has 2 aromatic rings. The standard InChI is InChI=1S/C14H17N3O.C2H6/c1-9-7-10(2)17-13-4-3-11(8-12(9)13)14(18)16-6-5-15;1-2/h3-4,7-8H,5-6,15H2,1-2H3,(H,16,18);1-2H3. The number of hydrogen-bond acceptors (Lipinski definition) is 3. The van der Waals surface area contributed by atoms with Crippen LogP contribution in [0.2, 0.25) is 0 Å². The normalized spacial score (nSPS) is 9.85. The van der Waals surface area contributed by atoms with E-state index in [1.165, 1.54) is 0 Å². The van der Waals surface area contributed by atoms with Crippen LogP contribution in [0.1, 0.15) is 35.5 Å². The molecule has 1 amide bonds. The molecule has 0 radical (unpaired) electrons. The van der Waals surface area contributed by atoms with Crippen molar-refractivity contribution in [3.8, 4) is 0 Å². The minimum atomic E-state index is -0.0951. The van der Waals surface area contributed by atoms with Crippen LogP contribution in [-0.2, 0) is 0 Å². The largest absolute Gasteiger partial charge is 0.351 e. The van der Waals surface area contributed by atoms with E-state index in [0.29, 0.717) is 18.7 Å². The van der Waals surface area contributed by atoms with Gasteiger partial charge in [0, 0.05) is 29.7 Å². The number of benzene rings is 1. The monoisotopic (exact) mass is 273 g/mol. The Labute approximate surface area is 120 Å². The van der Waals surface area contributed by atoms with Crippen molar-refractivity contribution >= 4 is 16.8 Å². The summed E-state index contributed by atoms with van der Waals surface area (Å²) < 4.78 is 0. The van der Waals surface area contributed by atoms with Crippen molar-refractivity contribution in [1.82, 2.24) is 10.3 Å². The Bertz CT molecular complexity index is 594. The van der Waals surface area contributed by atoms with E-state index in [1.807, 2.05) is 45.9 Å². The number of amides is 1. The van der Waals surface area contributed by atoms with E-state index in [2.05, 4.69) is 10.3 Å². The number of carbonyl (C=O) groups excluding carboxylic acids is 1. The van der Waals surface area contributed by atoms with Gasteiger partial charge in [0.25, 0.3) is 5.91 Å². The number of pyridine rings is 1. The number of fused-ring (bicyclic) bond motifs is 1. The Morgan fingerprint density at radius 1 is 1.25 bits per heavy atom. The fourth-order valence-electron chi connectivity index (χ4n) is 1.99. The summed E-state index contributed by atoms with van der Waals surface area (Å²) in [5.74, 6) is -0.0951. The molecule has 0 saturated carbocycles. The number of nitrogens with one attached hydrogen (secondary N) is 1. The van der Waals surface area contributed by atoms with Crippen LogP contribution >= 0.6 is 0 Å². The fraction of sp³-hybridized carbons (Fsp3) is 0.375. The van der Waals surface area contributed by atoms with Gasteiger partial charge in [0.1, 0.15) is 0 Å². The molecule has 1 aromatic heterocycles. The van der Waals surface area contributed by atoms with Crippen LogP contribution in [-0.4, -0.2) is 24.0 Å². The second kappa shape index (κ2) is 7.60. The summed E-state index contributed by atoms with van der Waals surface area (Å²) >= 11 is 0. The first-order valence-electron chi connectivity index (χ1n) is 6.98. The smallest absolute Gasteiger partial charge is 0.251 e. The molecule has 1 heterocycles. The third kappa shape index (κ3) is 3.78. The Hall–Kier alpha value is -1.94. The van der Waals surface area contributed by atoms with Gasteiger partial charge in [-0.15, -0.1) is 0 Å². The van der Waals surface area contributed by atoms with E-state index in [9.17, 15) is 4.79 Å². The number of aromatic nitrogens is 1. The van der Waals surface area contributed by atoms with Gasteiger partial charge in [0.15, 0.2) is 0 Å². The summed E-state index contributed by atoms with van der Waals surface area (Å²) in [5, 5.41) is 3.77. The van der Waals surface area contributed by atoms with Crippen molar-refractivity contribution in [3.05, 3.63) is 41.1 Å². The molecule has 0 aliphatic carbocycles. The number of aryl methyl sites for hydroxylation is 2. The van der Waals surface area contributed by atoms with E-state index in [0.717, 1.165) is 22.2 Å². The third-order valence-corrected chi connectivity index (χ3v) is 2.84. The first-order valence-corrected chi connectivity index (χ1v) is 6.98. The van der Waals surface area contributed by atoms with Crippen LogP contribution in [0.3, 0.4) is 0 Å². The molecular weight excluding hydrogens is 250 g/mol. The molecule has 108 valence electrons. The second-order valence-electron chi connectivity index (χ2n) is 4.36. The third-order valence-electron chi connectivity index (χ3n) is 2.84. The quantitative estimate of drug-likeness (QED) is 0.903. The number of nitrogens with two attached hydrogens (primary N) is 1. The minimum absolute atomic E-state index is 0.0951. The van der Waals surface area contributed by atoms with Gasteiger partial charge in [-0.25, -0.2) is 0 Å². The Kier molecular flexibility index (Phi) is 6.12. The lowest BCUT2D eigenvalue weighted by Crippen LogP contribution is -2.28. The highest BCUT2D eigenvalue weighted by atomic mass is 16.1. The zero-order valence-electron chi connectivity index (χ0n) is 12.7. The average molecular weight is 273 g/mol.